The second-order valence-corrected chi connectivity index (χ2v) is 6.03. The van der Waals surface area contributed by atoms with Crippen molar-refractivity contribution in [3.8, 4) is 0 Å². The molecule has 1 atom stereocenters. The fraction of sp³-hybridized carbons (Fsp3) is 0.444. The minimum absolute atomic E-state index is 0. The molecule has 1 amide bonds. The van der Waals surface area contributed by atoms with Crippen LogP contribution < -0.4 is 15.5 Å². The topological polar surface area (TPSA) is 60.0 Å². The van der Waals surface area contributed by atoms with Gasteiger partial charge in [0.25, 0.3) is 0 Å². The monoisotopic (exact) mass is 457 g/mol. The Kier molecular flexibility index (Phi) is 9.33. The van der Waals surface area contributed by atoms with Gasteiger partial charge in [-0.25, -0.2) is 4.99 Å². The van der Waals surface area contributed by atoms with Crippen molar-refractivity contribution in [2.24, 2.45) is 4.99 Å². The first kappa shape index (κ1) is 21.3. The van der Waals surface area contributed by atoms with E-state index in [1.165, 1.54) is 5.69 Å². The summed E-state index contributed by atoms with van der Waals surface area (Å²) in [6.45, 7) is 6.38. The number of carbonyl (C=O) groups is 1. The van der Waals surface area contributed by atoms with E-state index >= 15 is 0 Å². The Balaban J connectivity index is 0.00000312. The zero-order valence-electron chi connectivity index (χ0n) is 14.9. The van der Waals surface area contributed by atoms with Gasteiger partial charge in [-0.05, 0) is 18.6 Å². The lowest BCUT2D eigenvalue weighted by atomic mass is 10.3. The highest BCUT2D eigenvalue weighted by Crippen LogP contribution is 2.19. The molecule has 0 spiro atoms. The predicted octanol–water partition coefficient (Wildman–Crippen LogP) is 1.69. The number of halogens is 1. The highest BCUT2D eigenvalue weighted by molar-refractivity contribution is 14.0. The maximum absolute atomic E-state index is 11.7. The summed E-state index contributed by atoms with van der Waals surface area (Å²) in [5.74, 6) is 0.636. The molecule has 7 heteroatoms. The van der Waals surface area contributed by atoms with Crippen molar-refractivity contribution in [2.45, 2.75) is 12.5 Å². The summed E-state index contributed by atoms with van der Waals surface area (Å²) < 4.78 is 0. The summed E-state index contributed by atoms with van der Waals surface area (Å²) in [6, 6.07) is 10.7. The second kappa shape index (κ2) is 11.0. The van der Waals surface area contributed by atoms with E-state index in [1.54, 1.807) is 25.1 Å². The second-order valence-electron chi connectivity index (χ2n) is 6.03. The average Bonchev–Trinajstić information content (AvgIpc) is 3.06. The van der Waals surface area contributed by atoms with Crippen molar-refractivity contribution in [2.75, 3.05) is 45.2 Å². The average molecular weight is 457 g/mol. The largest absolute Gasteiger partial charge is 0.369 e. The van der Waals surface area contributed by atoms with Crippen LogP contribution >= 0.6 is 24.0 Å². The highest BCUT2D eigenvalue weighted by atomic mass is 127. The Morgan fingerprint density at radius 3 is 2.76 bits per heavy atom. The van der Waals surface area contributed by atoms with E-state index in [0.717, 1.165) is 19.5 Å². The first-order chi connectivity index (χ1) is 11.6. The van der Waals surface area contributed by atoms with Crippen LogP contribution in [0.25, 0.3) is 0 Å². The predicted molar refractivity (Wildman–Crippen MR) is 115 cm³/mol. The minimum atomic E-state index is -0.0213. The van der Waals surface area contributed by atoms with E-state index < -0.39 is 0 Å². The van der Waals surface area contributed by atoms with Crippen LogP contribution in [0, 0.1) is 0 Å². The van der Waals surface area contributed by atoms with Crippen LogP contribution in [0.3, 0.4) is 0 Å². The molecule has 6 nitrogen and oxygen atoms in total. The van der Waals surface area contributed by atoms with Crippen LogP contribution in [0.1, 0.15) is 6.42 Å². The number of para-hydroxylation sites is 1. The van der Waals surface area contributed by atoms with Gasteiger partial charge in [-0.15, -0.1) is 30.6 Å². The van der Waals surface area contributed by atoms with Gasteiger partial charge in [0.1, 0.15) is 6.54 Å². The number of hydrogen-bond donors (Lipinski definition) is 2. The van der Waals surface area contributed by atoms with E-state index in [-0.39, 0.29) is 36.4 Å². The smallest absolute Gasteiger partial charge is 0.243 e. The molecule has 1 aromatic carbocycles. The van der Waals surface area contributed by atoms with E-state index in [1.807, 2.05) is 6.07 Å². The third kappa shape index (κ3) is 6.93. The molecule has 1 unspecified atom stereocenters. The first-order valence-corrected chi connectivity index (χ1v) is 8.26. The van der Waals surface area contributed by atoms with E-state index in [9.17, 15) is 4.79 Å². The molecular formula is C18H28IN5O. The Labute approximate surface area is 167 Å². The fourth-order valence-corrected chi connectivity index (χ4v) is 2.55. The molecule has 0 aromatic heterocycles. The molecule has 25 heavy (non-hydrogen) atoms. The number of amides is 1. The van der Waals surface area contributed by atoms with E-state index in [4.69, 9.17) is 0 Å². The standard InChI is InChI=1S/C18H27N5O.HI/c1-4-11-19-18(20-13-17(24)22(2)3)21-15-10-12-23(14-15)16-8-6-5-7-9-16;/h4-9,15H,1,10-14H2,2-3H3,(H2,19,20,21);1H. The summed E-state index contributed by atoms with van der Waals surface area (Å²) in [5.41, 5.74) is 1.24. The number of guanidine groups is 1. The van der Waals surface area contributed by atoms with Crippen LogP contribution in [-0.2, 0) is 4.79 Å². The Morgan fingerprint density at radius 2 is 2.12 bits per heavy atom. The van der Waals surface area contributed by atoms with Gasteiger partial charge in [0.05, 0.1) is 0 Å². The lowest BCUT2D eigenvalue weighted by Gasteiger charge is -2.20. The van der Waals surface area contributed by atoms with Gasteiger partial charge in [-0.2, -0.15) is 0 Å². The van der Waals surface area contributed by atoms with Crippen molar-refractivity contribution in [1.82, 2.24) is 15.5 Å². The van der Waals surface area contributed by atoms with Crippen molar-refractivity contribution >= 4 is 41.5 Å². The molecule has 138 valence electrons. The van der Waals surface area contributed by atoms with Gasteiger partial charge in [-0.1, -0.05) is 24.3 Å². The van der Waals surface area contributed by atoms with Crippen LogP contribution in [-0.4, -0.2) is 63.1 Å². The van der Waals surface area contributed by atoms with Crippen molar-refractivity contribution < 1.29 is 4.79 Å². The summed E-state index contributed by atoms with van der Waals surface area (Å²) in [6.07, 6.45) is 2.81. The number of nitrogens with zero attached hydrogens (tertiary/aromatic N) is 3. The van der Waals surface area contributed by atoms with Gasteiger partial charge in [-0.3, -0.25) is 4.79 Å². The molecule has 2 N–H and O–H groups in total. The van der Waals surface area contributed by atoms with Gasteiger partial charge in [0.15, 0.2) is 5.96 Å². The fourth-order valence-electron chi connectivity index (χ4n) is 2.55. The zero-order chi connectivity index (χ0) is 17.4. The number of carbonyl (C=O) groups excluding carboxylic acids is 1. The number of likely N-dealkylation sites (N-methyl/N-ethyl adjacent to an activating group) is 1. The molecular weight excluding hydrogens is 429 g/mol. The Hall–Kier alpha value is -1.77. The van der Waals surface area contributed by atoms with Gasteiger partial charge in [0.2, 0.25) is 5.91 Å². The normalized spacial score (nSPS) is 16.8. The third-order valence-corrected chi connectivity index (χ3v) is 3.94. The molecule has 1 aliphatic heterocycles. The maximum atomic E-state index is 11.7. The maximum Gasteiger partial charge on any atom is 0.243 e. The molecule has 0 bridgehead atoms. The van der Waals surface area contributed by atoms with E-state index in [0.29, 0.717) is 18.5 Å². The summed E-state index contributed by atoms with van der Waals surface area (Å²) in [7, 11) is 3.47. The van der Waals surface area contributed by atoms with Gasteiger partial charge >= 0.3 is 0 Å². The Morgan fingerprint density at radius 1 is 1.40 bits per heavy atom. The van der Waals surface area contributed by atoms with Crippen LogP contribution in [0.2, 0.25) is 0 Å². The number of rotatable bonds is 6. The van der Waals surface area contributed by atoms with Crippen molar-refractivity contribution in [1.29, 1.82) is 0 Å². The quantitative estimate of drug-likeness (QED) is 0.296. The number of nitrogens with one attached hydrogen (secondary N) is 2. The summed E-state index contributed by atoms with van der Waals surface area (Å²) in [4.78, 5) is 20.0. The van der Waals surface area contributed by atoms with Gasteiger partial charge in [0, 0.05) is 45.5 Å². The SMILES string of the molecule is C=CCNC(=NCC(=O)N(C)C)NC1CCN(c2ccccc2)C1.I. The molecule has 0 saturated carbocycles. The first-order valence-electron chi connectivity index (χ1n) is 8.26. The molecule has 1 heterocycles. The number of anilines is 1. The molecule has 1 saturated heterocycles. The molecule has 2 rings (SSSR count). The van der Waals surface area contributed by atoms with Crippen LogP contribution in [0.4, 0.5) is 5.69 Å². The lowest BCUT2D eigenvalue weighted by Crippen LogP contribution is -2.45. The van der Waals surface area contributed by atoms with Crippen molar-refractivity contribution in [3.05, 3.63) is 43.0 Å². The van der Waals surface area contributed by atoms with Crippen LogP contribution in [0.5, 0.6) is 0 Å². The number of aliphatic imine (C=N–C) groups is 1. The van der Waals surface area contributed by atoms with Gasteiger partial charge < -0.3 is 20.4 Å². The molecule has 1 aliphatic rings. The molecule has 0 radical (unpaired) electrons. The van der Waals surface area contributed by atoms with Crippen LogP contribution in [0.15, 0.2) is 48.0 Å². The number of hydrogen-bond acceptors (Lipinski definition) is 3. The number of benzene rings is 1. The minimum Gasteiger partial charge on any atom is -0.369 e. The third-order valence-electron chi connectivity index (χ3n) is 3.94. The summed E-state index contributed by atoms with van der Waals surface area (Å²) in [5, 5.41) is 6.60. The zero-order valence-corrected chi connectivity index (χ0v) is 17.3. The molecule has 1 fully saturated rings. The highest BCUT2D eigenvalue weighted by Gasteiger charge is 2.23. The van der Waals surface area contributed by atoms with E-state index in [2.05, 4.69) is 51.4 Å². The van der Waals surface area contributed by atoms with Crippen molar-refractivity contribution in [3.63, 3.8) is 0 Å². The molecule has 1 aromatic rings. The molecule has 0 aliphatic carbocycles. The summed E-state index contributed by atoms with van der Waals surface area (Å²) >= 11 is 0. The Bertz CT molecular complexity index is 576. The lowest BCUT2D eigenvalue weighted by molar-refractivity contribution is -0.127.